The lowest BCUT2D eigenvalue weighted by Crippen LogP contribution is -2.20. The van der Waals surface area contributed by atoms with Crippen LogP contribution in [0.15, 0.2) is 53.0 Å². The summed E-state index contributed by atoms with van der Waals surface area (Å²) >= 11 is 3.35. The number of carbonyl (C=O) groups excluding carboxylic acids is 1. The first-order valence-corrected chi connectivity index (χ1v) is 7.24. The predicted molar refractivity (Wildman–Crippen MR) is 84.1 cm³/mol. The molecule has 2 aromatic rings. The van der Waals surface area contributed by atoms with Crippen LogP contribution in [0, 0.1) is 0 Å². The zero-order chi connectivity index (χ0) is 14.4. The third-order valence-corrected chi connectivity index (χ3v) is 3.33. The number of hydrogen-bond acceptors (Lipinski definition) is 2. The van der Waals surface area contributed by atoms with E-state index in [0.29, 0.717) is 0 Å². The topological polar surface area (TPSA) is 38.3 Å². The molecule has 0 saturated carbocycles. The quantitative estimate of drug-likeness (QED) is 0.897. The molecule has 20 heavy (non-hydrogen) atoms. The molecule has 0 fully saturated rings. The van der Waals surface area contributed by atoms with Gasteiger partial charge in [-0.1, -0.05) is 35.0 Å². The first-order valence-electron chi connectivity index (χ1n) is 6.44. The molecule has 0 aliphatic heterocycles. The molecule has 2 rings (SSSR count). The molecule has 0 unspecified atom stereocenters. The second-order valence-corrected chi connectivity index (χ2v) is 5.26. The third kappa shape index (κ3) is 4.38. The Morgan fingerprint density at radius 3 is 2.65 bits per heavy atom. The lowest BCUT2D eigenvalue weighted by molar-refractivity contribution is -0.118. The van der Waals surface area contributed by atoms with Crippen molar-refractivity contribution in [3.05, 3.63) is 58.6 Å². The Hall–Kier alpha value is -1.81. The highest BCUT2D eigenvalue weighted by Gasteiger charge is 2.04. The van der Waals surface area contributed by atoms with E-state index in [1.54, 1.807) is 0 Å². The third-order valence-electron chi connectivity index (χ3n) is 2.80. The Morgan fingerprint density at radius 1 is 1.20 bits per heavy atom. The van der Waals surface area contributed by atoms with Gasteiger partial charge in [0.2, 0.25) is 0 Å². The second kappa shape index (κ2) is 7.10. The van der Waals surface area contributed by atoms with Crippen LogP contribution < -0.4 is 10.1 Å². The van der Waals surface area contributed by atoms with Crippen molar-refractivity contribution in [1.29, 1.82) is 0 Å². The van der Waals surface area contributed by atoms with Gasteiger partial charge in [0.25, 0.3) is 5.91 Å². The van der Waals surface area contributed by atoms with Crippen molar-refractivity contribution in [3.8, 4) is 5.75 Å². The van der Waals surface area contributed by atoms with Crippen molar-refractivity contribution < 1.29 is 9.53 Å². The van der Waals surface area contributed by atoms with E-state index in [-0.39, 0.29) is 12.5 Å². The molecular formula is C16H16BrNO2. The van der Waals surface area contributed by atoms with Gasteiger partial charge < -0.3 is 10.1 Å². The van der Waals surface area contributed by atoms with Gasteiger partial charge in [0.05, 0.1) is 0 Å². The van der Waals surface area contributed by atoms with Crippen LogP contribution in [0.4, 0.5) is 5.69 Å². The van der Waals surface area contributed by atoms with Gasteiger partial charge in [0.15, 0.2) is 6.61 Å². The summed E-state index contributed by atoms with van der Waals surface area (Å²) in [5.41, 5.74) is 1.94. The molecule has 0 aliphatic rings. The highest BCUT2D eigenvalue weighted by atomic mass is 79.9. The van der Waals surface area contributed by atoms with E-state index < -0.39 is 0 Å². The summed E-state index contributed by atoms with van der Waals surface area (Å²) in [6, 6.07) is 15.2. The van der Waals surface area contributed by atoms with Gasteiger partial charge in [-0.25, -0.2) is 0 Å². The summed E-state index contributed by atoms with van der Waals surface area (Å²) in [4.78, 5) is 11.8. The Bertz CT molecular complexity index is 581. The Morgan fingerprint density at radius 2 is 1.95 bits per heavy atom. The van der Waals surface area contributed by atoms with Crippen molar-refractivity contribution in [2.45, 2.75) is 13.3 Å². The van der Waals surface area contributed by atoms with Crippen LogP contribution in [-0.4, -0.2) is 12.5 Å². The maximum absolute atomic E-state index is 11.8. The minimum absolute atomic E-state index is 0.00321. The molecule has 0 heterocycles. The number of hydrogen-bond donors (Lipinski definition) is 1. The molecule has 0 spiro atoms. The Kier molecular flexibility index (Phi) is 5.18. The van der Waals surface area contributed by atoms with Crippen LogP contribution in [-0.2, 0) is 11.2 Å². The first-order chi connectivity index (χ1) is 9.67. The number of halogens is 1. The average Bonchev–Trinajstić information content (AvgIpc) is 2.48. The fraction of sp³-hybridized carbons (Fsp3) is 0.188. The molecule has 2 aromatic carbocycles. The summed E-state index contributed by atoms with van der Waals surface area (Å²) < 4.78 is 6.46. The number of benzene rings is 2. The van der Waals surface area contributed by atoms with Gasteiger partial charge in [0, 0.05) is 10.2 Å². The maximum atomic E-state index is 11.8. The highest BCUT2D eigenvalue weighted by Crippen LogP contribution is 2.15. The van der Waals surface area contributed by atoms with Gasteiger partial charge in [-0.2, -0.15) is 0 Å². The Balaban J connectivity index is 1.87. The molecule has 0 atom stereocenters. The van der Waals surface area contributed by atoms with Crippen LogP contribution in [0.2, 0.25) is 0 Å². The fourth-order valence-electron chi connectivity index (χ4n) is 1.73. The zero-order valence-corrected chi connectivity index (χ0v) is 12.8. The minimum Gasteiger partial charge on any atom is -0.484 e. The van der Waals surface area contributed by atoms with Gasteiger partial charge in [-0.15, -0.1) is 0 Å². The maximum Gasteiger partial charge on any atom is 0.262 e. The molecule has 0 radical (unpaired) electrons. The van der Waals surface area contributed by atoms with Crippen molar-refractivity contribution in [2.24, 2.45) is 0 Å². The number of rotatable bonds is 5. The monoisotopic (exact) mass is 333 g/mol. The number of ether oxygens (including phenoxy) is 1. The molecule has 104 valence electrons. The van der Waals surface area contributed by atoms with Crippen LogP contribution >= 0.6 is 15.9 Å². The fourth-order valence-corrected chi connectivity index (χ4v) is 2.00. The SMILES string of the molecule is CCc1cccc(OCC(=O)Nc2ccc(Br)cc2)c1. The second-order valence-electron chi connectivity index (χ2n) is 4.34. The largest absolute Gasteiger partial charge is 0.484 e. The molecule has 1 N–H and O–H groups in total. The average molecular weight is 334 g/mol. The predicted octanol–water partition coefficient (Wildman–Crippen LogP) is 4.03. The van der Waals surface area contributed by atoms with E-state index in [2.05, 4.69) is 28.2 Å². The van der Waals surface area contributed by atoms with E-state index in [9.17, 15) is 4.79 Å². The molecule has 3 nitrogen and oxygen atoms in total. The van der Waals surface area contributed by atoms with E-state index in [1.165, 1.54) is 5.56 Å². The van der Waals surface area contributed by atoms with Crippen molar-refractivity contribution in [2.75, 3.05) is 11.9 Å². The Labute approximate surface area is 127 Å². The van der Waals surface area contributed by atoms with Gasteiger partial charge in [0.1, 0.15) is 5.75 Å². The smallest absolute Gasteiger partial charge is 0.262 e. The number of carbonyl (C=O) groups is 1. The summed E-state index contributed by atoms with van der Waals surface area (Å²) in [6.45, 7) is 2.09. The summed E-state index contributed by atoms with van der Waals surface area (Å²) in [5, 5.41) is 2.78. The molecule has 0 aliphatic carbocycles. The molecule has 0 saturated heterocycles. The summed E-state index contributed by atoms with van der Waals surface area (Å²) in [6.07, 6.45) is 0.947. The number of amides is 1. The van der Waals surface area contributed by atoms with Crippen LogP contribution in [0.5, 0.6) is 5.75 Å². The van der Waals surface area contributed by atoms with Crippen LogP contribution in [0.3, 0.4) is 0 Å². The lowest BCUT2D eigenvalue weighted by Gasteiger charge is -2.08. The highest BCUT2D eigenvalue weighted by molar-refractivity contribution is 9.10. The van der Waals surface area contributed by atoms with E-state index in [1.807, 2.05) is 48.5 Å². The van der Waals surface area contributed by atoms with Crippen LogP contribution in [0.25, 0.3) is 0 Å². The van der Waals surface area contributed by atoms with Crippen molar-refractivity contribution >= 4 is 27.5 Å². The minimum atomic E-state index is -0.172. The van der Waals surface area contributed by atoms with Crippen molar-refractivity contribution in [1.82, 2.24) is 0 Å². The van der Waals surface area contributed by atoms with Crippen molar-refractivity contribution in [3.63, 3.8) is 0 Å². The zero-order valence-electron chi connectivity index (χ0n) is 11.2. The normalized spacial score (nSPS) is 10.1. The van der Waals surface area contributed by atoms with E-state index in [4.69, 9.17) is 4.74 Å². The van der Waals surface area contributed by atoms with E-state index >= 15 is 0 Å². The summed E-state index contributed by atoms with van der Waals surface area (Å²) in [7, 11) is 0. The number of anilines is 1. The van der Waals surface area contributed by atoms with Gasteiger partial charge >= 0.3 is 0 Å². The molecule has 4 heteroatoms. The first kappa shape index (κ1) is 14.6. The van der Waals surface area contributed by atoms with Gasteiger partial charge in [-0.05, 0) is 48.4 Å². The molecule has 0 bridgehead atoms. The van der Waals surface area contributed by atoms with Crippen LogP contribution in [0.1, 0.15) is 12.5 Å². The lowest BCUT2D eigenvalue weighted by atomic mass is 10.2. The number of nitrogens with one attached hydrogen (secondary N) is 1. The number of aryl methyl sites for hydroxylation is 1. The summed E-state index contributed by atoms with van der Waals surface area (Å²) in [5.74, 6) is 0.546. The molecule has 0 aromatic heterocycles. The molecule has 1 amide bonds. The standard InChI is InChI=1S/C16H16BrNO2/c1-2-12-4-3-5-15(10-12)20-11-16(19)18-14-8-6-13(17)7-9-14/h3-10H,2,11H2,1H3,(H,18,19). The van der Waals surface area contributed by atoms with Gasteiger partial charge in [-0.3, -0.25) is 4.79 Å². The van der Waals surface area contributed by atoms with E-state index in [0.717, 1.165) is 22.3 Å². The molecular weight excluding hydrogens is 318 g/mol.